The van der Waals surface area contributed by atoms with Gasteiger partial charge in [-0.1, -0.05) is 44.2 Å². The Bertz CT molecular complexity index is 1760. The summed E-state index contributed by atoms with van der Waals surface area (Å²) in [5.74, 6) is -2.02. The number of H-pyrrole nitrogens is 1. The fraction of sp³-hybridized carbons (Fsp3) is 0.323. The average Bonchev–Trinajstić information content (AvgIpc) is 3.69. The van der Waals surface area contributed by atoms with Crippen molar-refractivity contribution in [3.05, 3.63) is 104 Å². The van der Waals surface area contributed by atoms with Crippen molar-refractivity contribution >= 4 is 35.0 Å². The lowest BCUT2D eigenvalue weighted by Gasteiger charge is -2.25. The molecule has 0 radical (unpaired) electrons. The van der Waals surface area contributed by atoms with Crippen molar-refractivity contribution in [2.24, 2.45) is 5.92 Å². The molecule has 0 unspecified atom stereocenters. The van der Waals surface area contributed by atoms with E-state index < -0.39 is 41.3 Å². The molecule has 0 saturated heterocycles. The van der Waals surface area contributed by atoms with Crippen molar-refractivity contribution < 1.29 is 23.6 Å². The number of aromatic amines is 1. The Morgan fingerprint density at radius 3 is 2.56 bits per heavy atom. The van der Waals surface area contributed by atoms with Gasteiger partial charge in [0.15, 0.2) is 5.69 Å². The second-order valence-electron chi connectivity index (χ2n) is 11.0. The number of hydrogen-bond donors (Lipinski definition) is 4. The minimum atomic E-state index is -0.711. The molecule has 4 amide bonds. The lowest BCUT2D eigenvalue weighted by atomic mass is 10.0. The van der Waals surface area contributed by atoms with Crippen LogP contribution in [0.5, 0.6) is 0 Å². The van der Waals surface area contributed by atoms with Gasteiger partial charge >= 0.3 is 0 Å². The molecule has 4 aromatic rings. The molecule has 0 spiro atoms. The molecule has 1 aliphatic heterocycles. The van der Waals surface area contributed by atoms with Crippen LogP contribution in [-0.2, 0) is 11.2 Å². The molecule has 234 valence electrons. The number of nitrogens with zero attached hydrogens (tertiary/aromatic N) is 3. The highest BCUT2D eigenvalue weighted by Gasteiger charge is 2.28. The van der Waals surface area contributed by atoms with Crippen LogP contribution in [0.2, 0.25) is 0 Å². The number of rotatable bonds is 4. The molecule has 13 nitrogen and oxygen atoms in total. The molecule has 0 fully saturated rings. The fourth-order valence-electron chi connectivity index (χ4n) is 4.91. The van der Waals surface area contributed by atoms with Crippen LogP contribution in [0.15, 0.2) is 63.3 Å². The van der Waals surface area contributed by atoms with E-state index in [0.29, 0.717) is 17.1 Å². The molecule has 3 aromatic heterocycles. The van der Waals surface area contributed by atoms with E-state index in [2.05, 4.69) is 30.9 Å². The Morgan fingerprint density at radius 1 is 1.04 bits per heavy atom. The molecule has 5 rings (SSSR count). The number of nitrogens with one attached hydrogen (secondary N) is 4. The largest absolute Gasteiger partial charge is 0.446 e. The van der Waals surface area contributed by atoms with E-state index in [1.54, 1.807) is 12.3 Å². The highest BCUT2D eigenvalue weighted by molar-refractivity contribution is 7.09. The molecule has 4 bridgehead atoms. The first-order chi connectivity index (χ1) is 21.6. The number of fused-ring (bicyclic) bond motifs is 4. The van der Waals surface area contributed by atoms with E-state index in [1.807, 2.05) is 44.2 Å². The summed E-state index contributed by atoms with van der Waals surface area (Å²) >= 11 is 1.23. The van der Waals surface area contributed by atoms with Gasteiger partial charge in [-0.05, 0) is 24.5 Å². The van der Waals surface area contributed by atoms with Crippen molar-refractivity contribution in [1.29, 1.82) is 0 Å². The van der Waals surface area contributed by atoms with Gasteiger partial charge in [0.25, 0.3) is 17.7 Å². The van der Waals surface area contributed by atoms with Crippen molar-refractivity contribution in [3.63, 3.8) is 0 Å². The number of benzene rings is 1. The third kappa shape index (κ3) is 7.70. The summed E-state index contributed by atoms with van der Waals surface area (Å²) in [7, 11) is 0. The van der Waals surface area contributed by atoms with Gasteiger partial charge in [-0.25, -0.2) is 9.97 Å². The summed E-state index contributed by atoms with van der Waals surface area (Å²) in [5.41, 5.74) is 1.19. The number of carbonyl (C=O) groups excluding carboxylic acids is 4. The van der Waals surface area contributed by atoms with Crippen molar-refractivity contribution in [1.82, 2.24) is 35.8 Å². The molecular weight excluding hydrogens is 598 g/mol. The number of thiazole rings is 1. The van der Waals surface area contributed by atoms with Crippen molar-refractivity contribution in [2.45, 2.75) is 39.3 Å². The Hall–Kier alpha value is -5.11. The molecule has 1 aliphatic rings. The van der Waals surface area contributed by atoms with Crippen LogP contribution in [0.25, 0.3) is 0 Å². The normalized spacial score (nSPS) is 18.0. The molecule has 0 aliphatic carbocycles. The molecule has 0 saturated carbocycles. The van der Waals surface area contributed by atoms with E-state index in [1.165, 1.54) is 34.6 Å². The average molecular weight is 632 g/mol. The second-order valence-corrected chi connectivity index (χ2v) is 11.9. The summed E-state index contributed by atoms with van der Waals surface area (Å²) in [6.07, 6.45) is 1.54. The van der Waals surface area contributed by atoms with Gasteiger partial charge in [-0.2, -0.15) is 0 Å². The highest BCUT2D eigenvalue weighted by atomic mass is 32.1. The van der Waals surface area contributed by atoms with Crippen LogP contribution in [0.3, 0.4) is 0 Å². The van der Waals surface area contributed by atoms with Crippen LogP contribution in [0.1, 0.15) is 79.4 Å². The van der Waals surface area contributed by atoms with Crippen LogP contribution in [-0.4, -0.2) is 63.1 Å². The summed E-state index contributed by atoms with van der Waals surface area (Å²) in [6, 6.07) is 10.9. The van der Waals surface area contributed by atoms with Gasteiger partial charge in [0, 0.05) is 42.2 Å². The molecule has 4 N–H and O–H groups in total. The first-order valence-corrected chi connectivity index (χ1v) is 15.3. The third-order valence-corrected chi connectivity index (χ3v) is 8.09. The van der Waals surface area contributed by atoms with Gasteiger partial charge in [-0.3, -0.25) is 24.0 Å². The summed E-state index contributed by atoms with van der Waals surface area (Å²) < 4.78 is 5.67. The monoisotopic (exact) mass is 631 g/mol. The molecular formula is C31H33N7O6S. The summed E-state index contributed by atoms with van der Waals surface area (Å²) in [5, 5.41) is 10.7. The maximum Gasteiger partial charge on any atom is 0.273 e. The smallest absolute Gasteiger partial charge is 0.273 e. The minimum absolute atomic E-state index is 0.0180. The number of aryl methyl sites for hydroxylation is 1. The van der Waals surface area contributed by atoms with Crippen molar-refractivity contribution in [2.75, 3.05) is 19.6 Å². The Morgan fingerprint density at radius 2 is 1.82 bits per heavy atom. The molecule has 14 heteroatoms. The number of hydrogen-bond acceptors (Lipinski definition) is 9. The molecule has 45 heavy (non-hydrogen) atoms. The number of amides is 4. The number of oxazole rings is 1. The summed E-state index contributed by atoms with van der Waals surface area (Å²) in [6.45, 7) is 5.07. The minimum Gasteiger partial charge on any atom is -0.446 e. The zero-order valence-electron chi connectivity index (χ0n) is 25.0. The zero-order valence-corrected chi connectivity index (χ0v) is 25.8. The SMILES string of the molecule is Cc1cc(C(=O)N2CCNC(=O)c3coc(n3)[C@H](Cc3ccccc3)NC(=O)c3csc(n3)[C@H](C(C)C)NC(=O)C2)cc(=O)[nH]1. The van der Waals surface area contributed by atoms with E-state index in [0.717, 1.165) is 5.56 Å². The fourth-order valence-corrected chi connectivity index (χ4v) is 5.93. The zero-order chi connectivity index (χ0) is 32.1. The molecule has 2 atom stereocenters. The van der Waals surface area contributed by atoms with E-state index >= 15 is 0 Å². The Labute approximate surface area is 262 Å². The van der Waals surface area contributed by atoms with Gasteiger partial charge in [0.2, 0.25) is 17.4 Å². The molecule has 1 aromatic carbocycles. The maximum absolute atomic E-state index is 13.5. The van der Waals surface area contributed by atoms with Crippen LogP contribution < -0.4 is 21.5 Å². The van der Waals surface area contributed by atoms with Gasteiger partial charge in [0.1, 0.15) is 23.0 Å². The lowest BCUT2D eigenvalue weighted by molar-refractivity contribution is -0.122. The predicted octanol–water partition coefficient (Wildman–Crippen LogP) is 2.54. The standard InChI is InChI=1S/C31H33N7O6S/c1-17(2)26-30-36-23(16-45-30)28(42)34-21(12-19-7-5-4-6-8-19)29-35-22(15-44-29)27(41)32-9-10-38(14-25(40)37-26)31(43)20-11-18(3)33-24(39)13-20/h4-8,11,13,15-17,21,26H,9-10,12,14H2,1-3H3,(H,32,41)(H,33,39)(H,34,42)(H,37,40)/t21-,26-/m0/s1. The van der Waals surface area contributed by atoms with Crippen LogP contribution in [0.4, 0.5) is 0 Å². The Balaban J connectivity index is 1.48. The van der Waals surface area contributed by atoms with Gasteiger partial charge < -0.3 is 30.3 Å². The number of pyridine rings is 1. The van der Waals surface area contributed by atoms with E-state index in [-0.39, 0.29) is 48.4 Å². The highest BCUT2D eigenvalue weighted by Crippen LogP contribution is 2.26. The third-order valence-electron chi connectivity index (χ3n) is 7.16. The number of carbonyl (C=O) groups is 4. The molecule has 4 heterocycles. The van der Waals surface area contributed by atoms with Crippen LogP contribution >= 0.6 is 11.3 Å². The van der Waals surface area contributed by atoms with E-state index in [4.69, 9.17) is 4.42 Å². The lowest BCUT2D eigenvalue weighted by Crippen LogP contribution is -2.45. The van der Waals surface area contributed by atoms with Crippen molar-refractivity contribution in [3.8, 4) is 0 Å². The Kier molecular flexibility index (Phi) is 9.52. The quantitative estimate of drug-likeness (QED) is 0.265. The topological polar surface area (TPSA) is 179 Å². The van der Waals surface area contributed by atoms with Gasteiger partial charge in [-0.15, -0.1) is 11.3 Å². The van der Waals surface area contributed by atoms with Gasteiger partial charge in [0.05, 0.1) is 12.6 Å². The van der Waals surface area contributed by atoms with E-state index in [9.17, 15) is 24.0 Å². The first kappa shape index (κ1) is 31.3. The maximum atomic E-state index is 13.5. The second kappa shape index (κ2) is 13.7. The summed E-state index contributed by atoms with van der Waals surface area (Å²) in [4.78, 5) is 78.0. The predicted molar refractivity (Wildman–Crippen MR) is 165 cm³/mol. The first-order valence-electron chi connectivity index (χ1n) is 14.4. The van der Waals surface area contributed by atoms with Crippen LogP contribution in [0, 0.1) is 12.8 Å². The number of aromatic nitrogens is 3.